The smallest absolute Gasteiger partial charge is 0.223 e. The zero-order valence-corrected chi connectivity index (χ0v) is 14.2. The molecule has 1 N–H and O–H groups in total. The van der Waals surface area contributed by atoms with E-state index in [-0.39, 0.29) is 11.9 Å². The SMILES string of the molecule is CCCCSc1n[nH]c(C2CCC(=O)N2Cc2ccccc2)n1. The number of carbonyl (C=O) groups is 1. The lowest BCUT2D eigenvalue weighted by molar-refractivity contribution is -0.129. The number of H-pyrrole nitrogens is 1. The van der Waals surface area contributed by atoms with E-state index in [0.717, 1.165) is 35.1 Å². The number of amides is 1. The van der Waals surface area contributed by atoms with E-state index in [4.69, 9.17) is 0 Å². The van der Waals surface area contributed by atoms with Crippen LogP contribution in [0.15, 0.2) is 35.5 Å². The first kappa shape index (κ1) is 16.1. The van der Waals surface area contributed by atoms with Crippen molar-refractivity contribution in [3.05, 3.63) is 41.7 Å². The maximum Gasteiger partial charge on any atom is 0.223 e. The standard InChI is InChI=1S/C17H22N4OS/c1-2-3-11-23-17-18-16(19-20-17)14-9-10-15(22)21(14)12-13-7-5-4-6-8-13/h4-8,14H,2-3,9-12H2,1H3,(H,18,19,20). The fourth-order valence-corrected chi connectivity index (χ4v) is 3.66. The summed E-state index contributed by atoms with van der Waals surface area (Å²) in [5, 5.41) is 8.11. The van der Waals surface area contributed by atoms with Crippen LogP contribution in [0.3, 0.4) is 0 Å². The van der Waals surface area contributed by atoms with Gasteiger partial charge in [0.25, 0.3) is 0 Å². The van der Waals surface area contributed by atoms with Crippen molar-refractivity contribution >= 4 is 17.7 Å². The van der Waals surface area contributed by atoms with Gasteiger partial charge in [0.15, 0.2) is 0 Å². The van der Waals surface area contributed by atoms with Crippen molar-refractivity contribution in [3.63, 3.8) is 0 Å². The summed E-state index contributed by atoms with van der Waals surface area (Å²) in [4.78, 5) is 18.7. The van der Waals surface area contributed by atoms with Gasteiger partial charge in [-0.05, 0) is 18.4 Å². The number of likely N-dealkylation sites (tertiary alicyclic amines) is 1. The molecule has 1 saturated heterocycles. The molecule has 1 unspecified atom stereocenters. The molecule has 1 atom stereocenters. The number of benzene rings is 1. The highest BCUT2D eigenvalue weighted by molar-refractivity contribution is 7.99. The molecule has 122 valence electrons. The highest BCUT2D eigenvalue weighted by Crippen LogP contribution is 2.32. The highest BCUT2D eigenvalue weighted by Gasteiger charge is 2.34. The molecular formula is C17H22N4OS. The molecule has 5 nitrogen and oxygen atoms in total. The zero-order valence-electron chi connectivity index (χ0n) is 13.4. The number of aromatic amines is 1. The third kappa shape index (κ3) is 3.93. The average Bonchev–Trinajstić information content (AvgIpc) is 3.17. The van der Waals surface area contributed by atoms with Crippen LogP contribution in [-0.2, 0) is 11.3 Å². The van der Waals surface area contributed by atoms with Crippen molar-refractivity contribution in [2.75, 3.05) is 5.75 Å². The summed E-state index contributed by atoms with van der Waals surface area (Å²) < 4.78 is 0. The summed E-state index contributed by atoms with van der Waals surface area (Å²) in [6, 6.07) is 10.1. The van der Waals surface area contributed by atoms with Crippen LogP contribution in [0, 0.1) is 0 Å². The van der Waals surface area contributed by atoms with Gasteiger partial charge in [-0.25, -0.2) is 4.98 Å². The summed E-state index contributed by atoms with van der Waals surface area (Å²) in [7, 11) is 0. The number of nitrogens with zero attached hydrogens (tertiary/aromatic N) is 3. The fraction of sp³-hybridized carbons (Fsp3) is 0.471. The Morgan fingerprint density at radius 2 is 2.17 bits per heavy atom. The lowest BCUT2D eigenvalue weighted by atomic mass is 10.2. The van der Waals surface area contributed by atoms with Crippen LogP contribution in [-0.4, -0.2) is 31.7 Å². The van der Waals surface area contributed by atoms with Gasteiger partial charge < -0.3 is 4.90 Å². The van der Waals surface area contributed by atoms with Gasteiger partial charge >= 0.3 is 0 Å². The minimum Gasteiger partial charge on any atom is -0.328 e. The molecule has 0 radical (unpaired) electrons. The Hall–Kier alpha value is -1.82. The molecule has 0 saturated carbocycles. The van der Waals surface area contributed by atoms with E-state index in [0.29, 0.717) is 13.0 Å². The normalized spacial score (nSPS) is 17.9. The van der Waals surface area contributed by atoms with Gasteiger partial charge in [-0.2, -0.15) is 0 Å². The Morgan fingerprint density at radius 1 is 1.35 bits per heavy atom. The summed E-state index contributed by atoms with van der Waals surface area (Å²) in [5.41, 5.74) is 1.14. The molecule has 2 aromatic rings. The van der Waals surface area contributed by atoms with Crippen LogP contribution >= 0.6 is 11.8 Å². The second-order valence-corrected chi connectivity index (χ2v) is 6.83. The predicted octanol–water partition coefficient (Wildman–Crippen LogP) is 3.56. The van der Waals surface area contributed by atoms with Crippen molar-refractivity contribution in [2.45, 2.75) is 50.4 Å². The van der Waals surface area contributed by atoms with Gasteiger partial charge in [0.1, 0.15) is 5.82 Å². The molecule has 1 aromatic carbocycles. The predicted molar refractivity (Wildman–Crippen MR) is 91.0 cm³/mol. The van der Waals surface area contributed by atoms with E-state index in [1.807, 2.05) is 23.1 Å². The van der Waals surface area contributed by atoms with Crippen LogP contribution in [0.2, 0.25) is 0 Å². The molecule has 1 aliphatic heterocycles. The van der Waals surface area contributed by atoms with Crippen molar-refractivity contribution in [1.82, 2.24) is 20.1 Å². The average molecular weight is 330 g/mol. The topological polar surface area (TPSA) is 61.9 Å². The van der Waals surface area contributed by atoms with Crippen molar-refractivity contribution in [3.8, 4) is 0 Å². The van der Waals surface area contributed by atoms with E-state index in [2.05, 4.69) is 34.2 Å². The van der Waals surface area contributed by atoms with Crippen LogP contribution in [0.4, 0.5) is 0 Å². The highest BCUT2D eigenvalue weighted by atomic mass is 32.2. The molecule has 1 aromatic heterocycles. The summed E-state index contributed by atoms with van der Waals surface area (Å²) in [6.07, 6.45) is 3.72. The maximum absolute atomic E-state index is 12.2. The molecule has 6 heteroatoms. The van der Waals surface area contributed by atoms with Crippen LogP contribution in [0.1, 0.15) is 50.0 Å². The first-order chi connectivity index (χ1) is 11.3. The number of carbonyl (C=O) groups excluding carboxylic acids is 1. The Labute approximate surface area is 140 Å². The van der Waals surface area contributed by atoms with Gasteiger partial charge in [-0.1, -0.05) is 55.4 Å². The Kier molecular flexibility index (Phi) is 5.33. The zero-order chi connectivity index (χ0) is 16.1. The van der Waals surface area contributed by atoms with Crippen LogP contribution < -0.4 is 0 Å². The molecule has 0 spiro atoms. The molecule has 0 aliphatic carbocycles. The Balaban J connectivity index is 1.69. The molecule has 2 heterocycles. The van der Waals surface area contributed by atoms with Crippen molar-refractivity contribution in [2.24, 2.45) is 0 Å². The van der Waals surface area contributed by atoms with Gasteiger partial charge in [0.05, 0.1) is 6.04 Å². The molecule has 23 heavy (non-hydrogen) atoms. The first-order valence-electron chi connectivity index (χ1n) is 8.16. The number of rotatable bonds is 7. The summed E-state index contributed by atoms with van der Waals surface area (Å²) in [6.45, 7) is 2.80. The number of hydrogen-bond acceptors (Lipinski definition) is 4. The number of hydrogen-bond donors (Lipinski definition) is 1. The van der Waals surface area contributed by atoms with E-state index >= 15 is 0 Å². The number of nitrogens with one attached hydrogen (secondary N) is 1. The summed E-state index contributed by atoms with van der Waals surface area (Å²) >= 11 is 1.67. The van der Waals surface area contributed by atoms with E-state index < -0.39 is 0 Å². The third-order valence-corrected chi connectivity index (χ3v) is 4.98. The lowest BCUT2D eigenvalue weighted by Crippen LogP contribution is -2.27. The number of aromatic nitrogens is 3. The molecule has 3 rings (SSSR count). The van der Waals surface area contributed by atoms with E-state index in [1.54, 1.807) is 11.8 Å². The van der Waals surface area contributed by atoms with Gasteiger partial charge in [0.2, 0.25) is 11.1 Å². The van der Waals surface area contributed by atoms with E-state index in [1.165, 1.54) is 6.42 Å². The monoisotopic (exact) mass is 330 g/mol. The molecule has 1 fully saturated rings. The number of thioether (sulfide) groups is 1. The van der Waals surface area contributed by atoms with Gasteiger partial charge in [-0.15, -0.1) is 5.10 Å². The third-order valence-electron chi connectivity index (χ3n) is 4.05. The molecule has 1 amide bonds. The Bertz CT molecular complexity index is 643. The fourth-order valence-electron chi connectivity index (χ4n) is 2.78. The molecular weight excluding hydrogens is 308 g/mol. The Morgan fingerprint density at radius 3 is 2.96 bits per heavy atom. The van der Waals surface area contributed by atoms with Crippen LogP contribution in [0.5, 0.6) is 0 Å². The minimum absolute atomic E-state index is 0.00994. The molecule has 1 aliphatic rings. The van der Waals surface area contributed by atoms with Crippen molar-refractivity contribution < 1.29 is 4.79 Å². The summed E-state index contributed by atoms with van der Waals surface area (Å²) in [5.74, 6) is 2.03. The maximum atomic E-state index is 12.2. The largest absolute Gasteiger partial charge is 0.328 e. The first-order valence-corrected chi connectivity index (χ1v) is 9.15. The lowest BCUT2D eigenvalue weighted by Gasteiger charge is -2.23. The minimum atomic E-state index is 0.00994. The second-order valence-electron chi connectivity index (χ2n) is 5.77. The van der Waals surface area contributed by atoms with E-state index in [9.17, 15) is 4.79 Å². The quantitative estimate of drug-likeness (QED) is 0.623. The van der Waals surface area contributed by atoms with Gasteiger partial charge in [0, 0.05) is 18.7 Å². The molecule has 0 bridgehead atoms. The van der Waals surface area contributed by atoms with Gasteiger partial charge in [-0.3, -0.25) is 9.89 Å². The van der Waals surface area contributed by atoms with Crippen LogP contribution in [0.25, 0.3) is 0 Å². The number of unbranched alkanes of at least 4 members (excludes halogenated alkanes) is 1. The van der Waals surface area contributed by atoms with Crippen molar-refractivity contribution in [1.29, 1.82) is 0 Å². The second kappa shape index (κ2) is 7.64.